The van der Waals surface area contributed by atoms with E-state index in [-0.39, 0.29) is 11.8 Å². The molecule has 2 amide bonds. The standard InChI is InChI=1S/C20H23FN2O2/c1-3-11-23(12-4-2)20(25)16-8-5-7-15(13-16)19(24)22-18-10-6-9-17(21)14-18/h5-10,13-14H,3-4,11-12H2,1-2H3,(H,22,24). The molecule has 2 rings (SSSR count). The van der Waals surface area contributed by atoms with Gasteiger partial charge in [0.25, 0.3) is 11.8 Å². The van der Waals surface area contributed by atoms with E-state index < -0.39 is 5.82 Å². The van der Waals surface area contributed by atoms with Gasteiger partial charge in [-0.25, -0.2) is 4.39 Å². The monoisotopic (exact) mass is 342 g/mol. The predicted octanol–water partition coefficient (Wildman–Crippen LogP) is 4.34. The molecule has 0 saturated carbocycles. The lowest BCUT2D eigenvalue weighted by Gasteiger charge is -2.21. The zero-order valence-electron chi connectivity index (χ0n) is 14.6. The highest BCUT2D eigenvalue weighted by atomic mass is 19.1. The van der Waals surface area contributed by atoms with Crippen LogP contribution in [0.25, 0.3) is 0 Å². The molecule has 0 fully saturated rings. The summed E-state index contributed by atoms with van der Waals surface area (Å²) in [4.78, 5) is 26.8. The smallest absolute Gasteiger partial charge is 0.255 e. The number of hydrogen-bond donors (Lipinski definition) is 1. The van der Waals surface area contributed by atoms with Gasteiger partial charge in [-0.15, -0.1) is 0 Å². The van der Waals surface area contributed by atoms with Crippen molar-refractivity contribution in [1.82, 2.24) is 4.90 Å². The van der Waals surface area contributed by atoms with Gasteiger partial charge in [-0.3, -0.25) is 9.59 Å². The van der Waals surface area contributed by atoms with E-state index in [0.717, 1.165) is 12.8 Å². The molecular weight excluding hydrogens is 319 g/mol. The van der Waals surface area contributed by atoms with Crippen molar-refractivity contribution in [3.63, 3.8) is 0 Å². The number of carbonyl (C=O) groups is 2. The Balaban J connectivity index is 2.16. The summed E-state index contributed by atoms with van der Waals surface area (Å²) in [5, 5.41) is 2.64. The van der Waals surface area contributed by atoms with E-state index in [1.165, 1.54) is 18.2 Å². The van der Waals surface area contributed by atoms with Crippen LogP contribution in [-0.2, 0) is 0 Å². The zero-order chi connectivity index (χ0) is 18.2. The summed E-state index contributed by atoms with van der Waals surface area (Å²) in [6, 6.07) is 12.3. The Morgan fingerprint density at radius 3 is 2.24 bits per heavy atom. The largest absolute Gasteiger partial charge is 0.339 e. The summed E-state index contributed by atoms with van der Waals surface area (Å²) in [6.45, 7) is 5.43. The van der Waals surface area contributed by atoms with Gasteiger partial charge in [-0.1, -0.05) is 26.0 Å². The van der Waals surface area contributed by atoms with Gasteiger partial charge in [0, 0.05) is 29.9 Å². The maximum atomic E-state index is 13.2. The minimum absolute atomic E-state index is 0.0795. The van der Waals surface area contributed by atoms with Gasteiger partial charge in [0.05, 0.1) is 0 Å². The van der Waals surface area contributed by atoms with Gasteiger partial charge in [0.2, 0.25) is 0 Å². The van der Waals surface area contributed by atoms with Crippen molar-refractivity contribution in [1.29, 1.82) is 0 Å². The number of nitrogens with zero attached hydrogens (tertiary/aromatic N) is 1. The first-order valence-corrected chi connectivity index (χ1v) is 8.51. The number of halogens is 1. The number of amides is 2. The van der Waals surface area contributed by atoms with Crippen LogP contribution in [0.1, 0.15) is 47.4 Å². The van der Waals surface area contributed by atoms with Gasteiger partial charge in [-0.2, -0.15) is 0 Å². The van der Waals surface area contributed by atoms with Crippen LogP contribution in [0.15, 0.2) is 48.5 Å². The number of benzene rings is 2. The molecule has 0 bridgehead atoms. The molecule has 1 N–H and O–H groups in total. The summed E-state index contributed by atoms with van der Waals surface area (Å²) >= 11 is 0. The lowest BCUT2D eigenvalue weighted by molar-refractivity contribution is 0.0755. The fourth-order valence-electron chi connectivity index (χ4n) is 2.60. The quantitative estimate of drug-likeness (QED) is 0.814. The number of nitrogens with one attached hydrogen (secondary N) is 1. The van der Waals surface area contributed by atoms with Gasteiger partial charge >= 0.3 is 0 Å². The molecular formula is C20H23FN2O2. The van der Waals surface area contributed by atoms with Crippen LogP contribution >= 0.6 is 0 Å². The second kappa shape index (κ2) is 8.97. The topological polar surface area (TPSA) is 49.4 Å². The normalized spacial score (nSPS) is 10.4. The van der Waals surface area contributed by atoms with Crippen LogP contribution in [0.3, 0.4) is 0 Å². The Morgan fingerprint density at radius 2 is 1.60 bits per heavy atom. The maximum absolute atomic E-state index is 13.2. The molecule has 132 valence electrons. The van der Waals surface area contributed by atoms with Crippen molar-refractivity contribution >= 4 is 17.5 Å². The molecule has 0 aliphatic heterocycles. The average molecular weight is 342 g/mol. The number of anilines is 1. The highest BCUT2D eigenvalue weighted by molar-refractivity contribution is 6.06. The minimum Gasteiger partial charge on any atom is -0.339 e. The molecule has 0 radical (unpaired) electrons. The van der Waals surface area contributed by atoms with Crippen LogP contribution in [0, 0.1) is 5.82 Å². The van der Waals surface area contributed by atoms with Gasteiger partial charge in [-0.05, 0) is 49.2 Å². The fraction of sp³-hybridized carbons (Fsp3) is 0.300. The zero-order valence-corrected chi connectivity index (χ0v) is 14.6. The predicted molar refractivity (Wildman–Crippen MR) is 97.3 cm³/mol. The summed E-state index contributed by atoms with van der Waals surface area (Å²) in [5.41, 5.74) is 1.22. The van der Waals surface area contributed by atoms with Gasteiger partial charge in [0.1, 0.15) is 5.82 Å². The van der Waals surface area contributed by atoms with Crippen molar-refractivity contribution in [2.24, 2.45) is 0 Å². The third kappa shape index (κ3) is 5.14. The van der Waals surface area contributed by atoms with Crippen LogP contribution < -0.4 is 5.32 Å². The second-order valence-corrected chi connectivity index (χ2v) is 5.84. The third-order valence-electron chi connectivity index (χ3n) is 3.73. The Morgan fingerprint density at radius 1 is 0.960 bits per heavy atom. The molecule has 5 heteroatoms. The molecule has 0 atom stereocenters. The van der Waals surface area contributed by atoms with Crippen LogP contribution in [0.5, 0.6) is 0 Å². The molecule has 0 aliphatic carbocycles. The van der Waals surface area contributed by atoms with Gasteiger partial charge < -0.3 is 10.2 Å². The highest BCUT2D eigenvalue weighted by Gasteiger charge is 2.16. The lowest BCUT2D eigenvalue weighted by atomic mass is 10.1. The van der Waals surface area contributed by atoms with Crippen LogP contribution in [0.4, 0.5) is 10.1 Å². The molecule has 2 aromatic rings. The van der Waals surface area contributed by atoms with E-state index in [0.29, 0.717) is 29.9 Å². The molecule has 25 heavy (non-hydrogen) atoms. The minimum atomic E-state index is -0.420. The molecule has 0 spiro atoms. The molecule has 0 saturated heterocycles. The lowest BCUT2D eigenvalue weighted by Crippen LogP contribution is -2.32. The fourth-order valence-corrected chi connectivity index (χ4v) is 2.60. The molecule has 0 aromatic heterocycles. The van der Waals surface area contributed by atoms with Crippen molar-refractivity contribution in [3.05, 3.63) is 65.5 Å². The number of hydrogen-bond acceptors (Lipinski definition) is 2. The summed E-state index contributed by atoms with van der Waals surface area (Å²) in [5.74, 6) is -0.876. The number of rotatable bonds is 7. The number of carbonyl (C=O) groups excluding carboxylic acids is 2. The van der Waals surface area contributed by atoms with E-state index in [1.807, 2.05) is 13.8 Å². The summed E-state index contributed by atoms with van der Waals surface area (Å²) < 4.78 is 13.2. The Bertz CT molecular complexity index is 740. The van der Waals surface area contributed by atoms with E-state index in [4.69, 9.17) is 0 Å². The van der Waals surface area contributed by atoms with E-state index >= 15 is 0 Å². The first-order chi connectivity index (χ1) is 12.0. The Hall–Kier alpha value is -2.69. The molecule has 0 aliphatic rings. The summed E-state index contributed by atoms with van der Waals surface area (Å²) in [7, 11) is 0. The summed E-state index contributed by atoms with van der Waals surface area (Å²) in [6.07, 6.45) is 1.76. The second-order valence-electron chi connectivity index (χ2n) is 5.84. The van der Waals surface area contributed by atoms with E-state index in [1.54, 1.807) is 35.2 Å². The highest BCUT2D eigenvalue weighted by Crippen LogP contribution is 2.14. The Kier molecular flexibility index (Phi) is 6.69. The Labute approximate surface area is 147 Å². The van der Waals surface area contributed by atoms with E-state index in [9.17, 15) is 14.0 Å². The molecule has 0 unspecified atom stereocenters. The van der Waals surface area contributed by atoms with Crippen molar-refractivity contribution in [2.75, 3.05) is 18.4 Å². The molecule has 4 nitrogen and oxygen atoms in total. The van der Waals surface area contributed by atoms with Crippen molar-refractivity contribution in [3.8, 4) is 0 Å². The van der Waals surface area contributed by atoms with Crippen molar-refractivity contribution in [2.45, 2.75) is 26.7 Å². The SMILES string of the molecule is CCCN(CCC)C(=O)c1cccc(C(=O)Nc2cccc(F)c2)c1. The average Bonchev–Trinajstić information content (AvgIpc) is 2.61. The van der Waals surface area contributed by atoms with Crippen LogP contribution in [0.2, 0.25) is 0 Å². The van der Waals surface area contributed by atoms with E-state index in [2.05, 4.69) is 5.32 Å². The first kappa shape index (κ1) is 18.6. The first-order valence-electron chi connectivity index (χ1n) is 8.51. The van der Waals surface area contributed by atoms with Crippen LogP contribution in [-0.4, -0.2) is 29.8 Å². The third-order valence-corrected chi connectivity index (χ3v) is 3.73. The van der Waals surface area contributed by atoms with Crippen molar-refractivity contribution < 1.29 is 14.0 Å². The molecule has 0 heterocycles. The van der Waals surface area contributed by atoms with Gasteiger partial charge in [0.15, 0.2) is 0 Å². The molecule has 2 aromatic carbocycles. The maximum Gasteiger partial charge on any atom is 0.255 e.